The number of nitrogens with two attached hydrogens (primary N) is 1. The standard InChI is InChI=1S/C10H13N3O2/c11-10(4-9(14)15)3-1-2-8-7(10)5-12-6-13-8/h5-6H,1-4,11H2,(H,14,15). The molecule has 0 saturated heterocycles. The highest BCUT2D eigenvalue weighted by molar-refractivity contribution is 5.69. The van der Waals surface area contributed by atoms with Crippen molar-refractivity contribution in [3.8, 4) is 0 Å². The molecule has 1 aliphatic rings. The molecule has 0 bridgehead atoms. The summed E-state index contributed by atoms with van der Waals surface area (Å²) in [5, 5.41) is 8.84. The van der Waals surface area contributed by atoms with Gasteiger partial charge < -0.3 is 10.8 Å². The average Bonchev–Trinajstić information content (AvgIpc) is 2.17. The molecule has 5 heteroatoms. The van der Waals surface area contributed by atoms with Crippen molar-refractivity contribution in [3.05, 3.63) is 23.8 Å². The van der Waals surface area contributed by atoms with Gasteiger partial charge in [0.1, 0.15) is 6.33 Å². The quantitative estimate of drug-likeness (QED) is 0.734. The molecule has 1 aromatic rings. The van der Waals surface area contributed by atoms with Crippen LogP contribution in [0.2, 0.25) is 0 Å². The highest BCUT2D eigenvalue weighted by Crippen LogP contribution is 2.34. The van der Waals surface area contributed by atoms with Gasteiger partial charge in [-0.25, -0.2) is 9.97 Å². The predicted molar refractivity (Wildman–Crippen MR) is 53.1 cm³/mol. The smallest absolute Gasteiger partial charge is 0.305 e. The van der Waals surface area contributed by atoms with Gasteiger partial charge in [-0.3, -0.25) is 4.79 Å². The molecule has 0 aliphatic heterocycles. The van der Waals surface area contributed by atoms with Gasteiger partial charge in [0.2, 0.25) is 0 Å². The van der Waals surface area contributed by atoms with Crippen LogP contribution in [-0.4, -0.2) is 21.0 Å². The highest BCUT2D eigenvalue weighted by atomic mass is 16.4. The zero-order valence-electron chi connectivity index (χ0n) is 8.31. The molecule has 0 saturated carbocycles. The van der Waals surface area contributed by atoms with Gasteiger partial charge >= 0.3 is 5.97 Å². The molecule has 80 valence electrons. The molecule has 0 radical (unpaired) electrons. The molecular weight excluding hydrogens is 194 g/mol. The summed E-state index contributed by atoms with van der Waals surface area (Å²) in [7, 11) is 0. The first-order valence-corrected chi connectivity index (χ1v) is 4.92. The minimum Gasteiger partial charge on any atom is -0.481 e. The van der Waals surface area contributed by atoms with Crippen molar-refractivity contribution >= 4 is 5.97 Å². The number of rotatable bonds is 2. The summed E-state index contributed by atoms with van der Waals surface area (Å²) in [4.78, 5) is 18.8. The summed E-state index contributed by atoms with van der Waals surface area (Å²) in [6.07, 6.45) is 5.48. The Kier molecular flexibility index (Phi) is 2.40. The number of aliphatic carboxylic acids is 1. The molecule has 5 nitrogen and oxygen atoms in total. The lowest BCUT2D eigenvalue weighted by molar-refractivity contribution is -0.138. The Balaban J connectivity index is 2.40. The molecule has 1 unspecified atom stereocenters. The maximum absolute atomic E-state index is 10.8. The van der Waals surface area contributed by atoms with Crippen molar-refractivity contribution in [2.75, 3.05) is 0 Å². The minimum absolute atomic E-state index is 0.0621. The normalized spacial score (nSPS) is 24.6. The number of hydrogen-bond donors (Lipinski definition) is 2. The molecule has 0 spiro atoms. The van der Waals surface area contributed by atoms with E-state index in [1.54, 1.807) is 6.20 Å². The van der Waals surface area contributed by atoms with Crippen LogP contribution in [0, 0.1) is 0 Å². The number of carboxylic acids is 1. The highest BCUT2D eigenvalue weighted by Gasteiger charge is 2.35. The third-order valence-electron chi connectivity index (χ3n) is 2.83. The summed E-state index contributed by atoms with van der Waals surface area (Å²) in [6, 6.07) is 0. The Hall–Kier alpha value is -1.49. The van der Waals surface area contributed by atoms with E-state index in [-0.39, 0.29) is 6.42 Å². The molecule has 0 amide bonds. The first kappa shape index (κ1) is 10.0. The van der Waals surface area contributed by atoms with E-state index in [1.807, 2.05) is 0 Å². The number of carbonyl (C=O) groups is 1. The topological polar surface area (TPSA) is 89.1 Å². The van der Waals surface area contributed by atoms with Crippen LogP contribution in [0.4, 0.5) is 0 Å². The van der Waals surface area contributed by atoms with E-state index in [0.717, 1.165) is 24.1 Å². The second-order valence-corrected chi connectivity index (χ2v) is 3.96. The van der Waals surface area contributed by atoms with E-state index in [4.69, 9.17) is 10.8 Å². The van der Waals surface area contributed by atoms with Gasteiger partial charge in [0.05, 0.1) is 12.0 Å². The number of hydrogen-bond acceptors (Lipinski definition) is 4. The second-order valence-electron chi connectivity index (χ2n) is 3.96. The Morgan fingerprint density at radius 2 is 2.47 bits per heavy atom. The van der Waals surface area contributed by atoms with Gasteiger partial charge in [0.25, 0.3) is 0 Å². The zero-order chi connectivity index (χ0) is 10.9. The molecule has 0 aromatic carbocycles. The zero-order valence-corrected chi connectivity index (χ0v) is 8.31. The van der Waals surface area contributed by atoms with E-state index < -0.39 is 11.5 Å². The first-order chi connectivity index (χ1) is 7.12. The van der Waals surface area contributed by atoms with E-state index in [9.17, 15) is 4.79 Å². The second kappa shape index (κ2) is 3.58. The number of aromatic nitrogens is 2. The van der Waals surface area contributed by atoms with Gasteiger partial charge in [0.15, 0.2) is 0 Å². The molecule has 3 N–H and O–H groups in total. The molecule has 1 aliphatic carbocycles. The van der Waals surface area contributed by atoms with Crippen LogP contribution < -0.4 is 5.73 Å². The lowest BCUT2D eigenvalue weighted by atomic mass is 9.78. The van der Waals surface area contributed by atoms with E-state index in [2.05, 4.69) is 9.97 Å². The summed E-state index contributed by atoms with van der Waals surface area (Å²) >= 11 is 0. The van der Waals surface area contributed by atoms with Gasteiger partial charge in [-0.05, 0) is 19.3 Å². The average molecular weight is 207 g/mol. The van der Waals surface area contributed by atoms with Crippen molar-refractivity contribution in [2.45, 2.75) is 31.2 Å². The van der Waals surface area contributed by atoms with E-state index in [1.165, 1.54) is 6.33 Å². The maximum atomic E-state index is 10.8. The number of fused-ring (bicyclic) bond motifs is 1. The van der Waals surface area contributed by atoms with Crippen LogP contribution in [0.1, 0.15) is 30.5 Å². The van der Waals surface area contributed by atoms with Crippen LogP contribution in [-0.2, 0) is 16.8 Å². The van der Waals surface area contributed by atoms with Gasteiger partial charge in [-0.1, -0.05) is 0 Å². The number of aryl methyl sites for hydroxylation is 1. The molecule has 1 heterocycles. The Bertz CT molecular complexity index is 394. The largest absolute Gasteiger partial charge is 0.481 e. The monoisotopic (exact) mass is 207 g/mol. The van der Waals surface area contributed by atoms with Crippen molar-refractivity contribution in [1.82, 2.24) is 9.97 Å². The Morgan fingerprint density at radius 1 is 1.67 bits per heavy atom. The third kappa shape index (κ3) is 1.83. The lowest BCUT2D eigenvalue weighted by Crippen LogP contribution is -2.42. The Morgan fingerprint density at radius 3 is 3.20 bits per heavy atom. The van der Waals surface area contributed by atoms with Crippen molar-refractivity contribution in [3.63, 3.8) is 0 Å². The molecule has 0 fully saturated rings. The summed E-state index contributed by atoms with van der Waals surface area (Å²) < 4.78 is 0. The minimum atomic E-state index is -0.880. The summed E-state index contributed by atoms with van der Waals surface area (Å²) in [5.74, 6) is -0.880. The van der Waals surface area contributed by atoms with Crippen molar-refractivity contribution in [1.29, 1.82) is 0 Å². The van der Waals surface area contributed by atoms with Crippen LogP contribution in [0.3, 0.4) is 0 Å². The fourth-order valence-electron chi connectivity index (χ4n) is 2.13. The van der Waals surface area contributed by atoms with Crippen LogP contribution in [0.15, 0.2) is 12.5 Å². The molecule has 2 rings (SSSR count). The fourth-order valence-corrected chi connectivity index (χ4v) is 2.13. The maximum Gasteiger partial charge on any atom is 0.305 e. The van der Waals surface area contributed by atoms with Gasteiger partial charge in [-0.2, -0.15) is 0 Å². The SMILES string of the molecule is NC1(CC(=O)O)CCCc2ncncc21. The molecule has 1 atom stereocenters. The van der Waals surface area contributed by atoms with E-state index >= 15 is 0 Å². The lowest BCUT2D eigenvalue weighted by Gasteiger charge is -2.33. The summed E-state index contributed by atoms with van der Waals surface area (Å²) in [6.45, 7) is 0. The first-order valence-electron chi connectivity index (χ1n) is 4.92. The number of nitrogens with zero attached hydrogens (tertiary/aromatic N) is 2. The number of carboxylic acid groups (broad SMARTS) is 1. The third-order valence-corrected chi connectivity index (χ3v) is 2.83. The van der Waals surface area contributed by atoms with Crippen LogP contribution in [0.25, 0.3) is 0 Å². The molecular formula is C10H13N3O2. The predicted octanol–water partition coefficient (Wildman–Crippen LogP) is 0.442. The van der Waals surface area contributed by atoms with Crippen LogP contribution >= 0.6 is 0 Å². The van der Waals surface area contributed by atoms with Gasteiger partial charge in [0, 0.05) is 17.5 Å². The fraction of sp³-hybridized carbons (Fsp3) is 0.500. The molecule has 1 aromatic heterocycles. The van der Waals surface area contributed by atoms with Crippen LogP contribution in [0.5, 0.6) is 0 Å². The van der Waals surface area contributed by atoms with Gasteiger partial charge in [-0.15, -0.1) is 0 Å². The van der Waals surface area contributed by atoms with E-state index in [0.29, 0.717) is 6.42 Å². The summed E-state index contributed by atoms with van der Waals surface area (Å²) in [5.41, 5.74) is 7.00. The molecule has 15 heavy (non-hydrogen) atoms. The van der Waals surface area contributed by atoms with Crippen molar-refractivity contribution < 1.29 is 9.90 Å². The van der Waals surface area contributed by atoms with Crippen molar-refractivity contribution in [2.24, 2.45) is 5.73 Å². The Labute approximate surface area is 87.4 Å².